The summed E-state index contributed by atoms with van der Waals surface area (Å²) in [5, 5.41) is 0. The van der Waals surface area contributed by atoms with Crippen molar-refractivity contribution in [2.75, 3.05) is 26.4 Å². The van der Waals surface area contributed by atoms with E-state index >= 15 is 0 Å². The molecule has 4 fully saturated rings. The van der Waals surface area contributed by atoms with E-state index in [1.807, 2.05) is 12.5 Å². The van der Waals surface area contributed by atoms with Gasteiger partial charge in [0.2, 0.25) is 0 Å². The van der Waals surface area contributed by atoms with Gasteiger partial charge >= 0.3 is 0 Å². The number of ether oxygens (including phenoxy) is 5. The summed E-state index contributed by atoms with van der Waals surface area (Å²) in [6.07, 6.45) is 16.7. The molecule has 0 amide bonds. The van der Waals surface area contributed by atoms with Crippen LogP contribution in [0.3, 0.4) is 0 Å². The maximum Gasteiger partial charge on any atom is 0.134 e. The Hall–Kier alpha value is -1.20. The maximum absolute atomic E-state index is 6.06. The highest BCUT2D eigenvalue weighted by molar-refractivity contribution is 5.01. The first kappa shape index (κ1) is 19.1. The molecule has 4 aliphatic rings. The summed E-state index contributed by atoms with van der Waals surface area (Å²) in [4.78, 5) is 0. The summed E-state index contributed by atoms with van der Waals surface area (Å²) in [5.41, 5.74) is 0. The Kier molecular flexibility index (Phi) is 6.97. The van der Waals surface area contributed by atoms with Gasteiger partial charge in [-0.15, -0.1) is 0 Å². The Morgan fingerprint density at radius 3 is 1.44 bits per heavy atom. The highest BCUT2D eigenvalue weighted by Crippen LogP contribution is 2.33. The van der Waals surface area contributed by atoms with Crippen LogP contribution in [0, 0.1) is 11.8 Å². The molecule has 0 N–H and O–H groups in total. The molecule has 0 bridgehead atoms. The fraction of sp³-hybridized carbons (Fsp3) is 0.818. The van der Waals surface area contributed by atoms with Crippen LogP contribution in [0.5, 0.6) is 0 Å². The molecule has 2 heterocycles. The number of hydrogen-bond donors (Lipinski definition) is 0. The van der Waals surface area contributed by atoms with E-state index in [1.54, 1.807) is 0 Å². The van der Waals surface area contributed by atoms with Gasteiger partial charge in [-0.3, -0.25) is 0 Å². The Bertz CT molecular complexity index is 463. The highest BCUT2D eigenvalue weighted by atomic mass is 16.6. The van der Waals surface area contributed by atoms with E-state index in [2.05, 4.69) is 0 Å². The molecule has 2 aliphatic heterocycles. The van der Waals surface area contributed by atoms with Gasteiger partial charge in [0.05, 0.1) is 13.2 Å². The predicted molar refractivity (Wildman–Crippen MR) is 102 cm³/mol. The van der Waals surface area contributed by atoms with Crippen LogP contribution in [0.2, 0.25) is 0 Å². The van der Waals surface area contributed by atoms with Gasteiger partial charge in [-0.25, -0.2) is 0 Å². The maximum atomic E-state index is 6.06. The van der Waals surface area contributed by atoms with E-state index in [4.69, 9.17) is 23.7 Å². The molecule has 2 aliphatic carbocycles. The quantitative estimate of drug-likeness (QED) is 0.408. The molecule has 2 saturated heterocycles. The molecule has 2 saturated carbocycles. The number of allylic oxidation sites excluding steroid dienone is 2. The molecular weight excluding hydrogens is 344 g/mol. The lowest BCUT2D eigenvalue weighted by Gasteiger charge is -2.25. The van der Waals surface area contributed by atoms with E-state index in [-0.39, 0.29) is 12.2 Å². The second kappa shape index (κ2) is 9.83. The normalized spacial score (nSPS) is 30.1. The van der Waals surface area contributed by atoms with E-state index in [0.717, 1.165) is 24.7 Å². The smallest absolute Gasteiger partial charge is 0.134 e. The van der Waals surface area contributed by atoms with Crippen LogP contribution in [-0.4, -0.2) is 38.6 Å². The summed E-state index contributed by atoms with van der Waals surface area (Å²) in [6.45, 7) is 2.92. The average molecular weight is 379 g/mol. The van der Waals surface area contributed by atoms with Crippen LogP contribution in [0.1, 0.15) is 64.2 Å². The van der Waals surface area contributed by atoms with Crippen molar-refractivity contribution in [2.24, 2.45) is 11.8 Å². The topological polar surface area (TPSA) is 52.8 Å². The highest BCUT2D eigenvalue weighted by Gasteiger charge is 2.28. The van der Waals surface area contributed by atoms with Gasteiger partial charge in [0.25, 0.3) is 0 Å². The van der Waals surface area contributed by atoms with Gasteiger partial charge in [0, 0.05) is 11.8 Å². The van der Waals surface area contributed by atoms with Crippen LogP contribution in [-0.2, 0) is 23.7 Å². The molecule has 0 radical (unpaired) electrons. The van der Waals surface area contributed by atoms with E-state index in [0.29, 0.717) is 25.0 Å². The summed E-state index contributed by atoms with van der Waals surface area (Å²) in [5.74, 6) is 2.92. The van der Waals surface area contributed by atoms with Gasteiger partial charge in [-0.05, 0) is 25.7 Å². The lowest BCUT2D eigenvalue weighted by Crippen LogP contribution is -2.15. The molecule has 0 aromatic rings. The van der Waals surface area contributed by atoms with E-state index < -0.39 is 0 Å². The monoisotopic (exact) mass is 378 g/mol. The minimum absolute atomic E-state index is 0.271. The van der Waals surface area contributed by atoms with Crippen molar-refractivity contribution in [1.82, 2.24) is 0 Å². The molecule has 0 spiro atoms. The van der Waals surface area contributed by atoms with Crippen molar-refractivity contribution in [1.29, 1.82) is 0 Å². The molecule has 2 atom stereocenters. The molecule has 2 unspecified atom stereocenters. The van der Waals surface area contributed by atoms with E-state index in [1.165, 1.54) is 64.2 Å². The van der Waals surface area contributed by atoms with Gasteiger partial charge < -0.3 is 23.7 Å². The predicted octanol–water partition coefficient (Wildman–Crippen LogP) is 4.68. The molecule has 152 valence electrons. The van der Waals surface area contributed by atoms with Crippen molar-refractivity contribution in [3.63, 3.8) is 0 Å². The first-order valence-corrected chi connectivity index (χ1v) is 10.9. The molecule has 4 rings (SSSR count). The second-order valence-corrected chi connectivity index (χ2v) is 8.38. The summed E-state index contributed by atoms with van der Waals surface area (Å²) in [7, 11) is 0. The summed E-state index contributed by atoms with van der Waals surface area (Å²) in [6, 6.07) is 0. The van der Waals surface area contributed by atoms with Crippen molar-refractivity contribution >= 4 is 0 Å². The summed E-state index contributed by atoms with van der Waals surface area (Å²) < 4.78 is 28.6. The van der Waals surface area contributed by atoms with Crippen molar-refractivity contribution in [3.8, 4) is 0 Å². The number of epoxide rings is 2. The van der Waals surface area contributed by atoms with Crippen molar-refractivity contribution in [3.05, 3.63) is 24.0 Å². The van der Waals surface area contributed by atoms with Crippen LogP contribution in [0.4, 0.5) is 0 Å². The van der Waals surface area contributed by atoms with E-state index in [9.17, 15) is 0 Å². The van der Waals surface area contributed by atoms with Crippen LogP contribution >= 0.6 is 0 Å². The first-order valence-electron chi connectivity index (χ1n) is 10.9. The Labute approximate surface area is 163 Å². The fourth-order valence-corrected chi connectivity index (χ4v) is 4.15. The second-order valence-electron chi connectivity index (χ2n) is 8.38. The number of hydrogen-bond acceptors (Lipinski definition) is 5. The molecule has 5 nitrogen and oxygen atoms in total. The zero-order valence-corrected chi connectivity index (χ0v) is 16.4. The van der Waals surface area contributed by atoms with Crippen LogP contribution in [0.25, 0.3) is 0 Å². The van der Waals surface area contributed by atoms with Gasteiger partial charge in [0.1, 0.15) is 49.5 Å². The summed E-state index contributed by atoms with van der Waals surface area (Å²) >= 11 is 0. The first-order chi connectivity index (χ1) is 13.4. The standard InChI is InChI=1S/C22H34O5/c1-3-7-17(8-4-1)21(26-13-19-11-24-19)15-23-16-22(27-14-20-12-25-20)18-9-5-2-6-10-18/h15-20H,1-14H2. The Morgan fingerprint density at radius 2 is 1.07 bits per heavy atom. The van der Waals surface area contributed by atoms with Crippen LogP contribution < -0.4 is 0 Å². The van der Waals surface area contributed by atoms with Crippen molar-refractivity contribution < 1.29 is 23.7 Å². The minimum atomic E-state index is 0.271. The third-order valence-corrected chi connectivity index (χ3v) is 6.06. The zero-order valence-electron chi connectivity index (χ0n) is 16.4. The lowest BCUT2D eigenvalue weighted by atomic mass is 9.88. The third kappa shape index (κ3) is 6.42. The van der Waals surface area contributed by atoms with Gasteiger partial charge in [-0.1, -0.05) is 38.5 Å². The third-order valence-electron chi connectivity index (χ3n) is 6.06. The largest absolute Gasteiger partial charge is 0.492 e. The molecule has 0 aromatic carbocycles. The van der Waals surface area contributed by atoms with Crippen LogP contribution in [0.15, 0.2) is 24.0 Å². The fourth-order valence-electron chi connectivity index (χ4n) is 4.15. The SMILES string of the molecule is C(OC=C(OCC1CO1)C1CCCCC1)=C(OCC1CO1)C1CCCCC1. The lowest BCUT2D eigenvalue weighted by molar-refractivity contribution is 0.121. The number of rotatable bonds is 10. The van der Waals surface area contributed by atoms with Gasteiger partial charge in [-0.2, -0.15) is 0 Å². The minimum Gasteiger partial charge on any atom is -0.492 e. The molecule has 5 heteroatoms. The Balaban J connectivity index is 1.37. The Morgan fingerprint density at radius 1 is 0.667 bits per heavy atom. The molecule has 27 heavy (non-hydrogen) atoms. The molecular formula is C22H34O5. The van der Waals surface area contributed by atoms with Crippen molar-refractivity contribution in [2.45, 2.75) is 76.4 Å². The van der Waals surface area contributed by atoms with Gasteiger partial charge in [0.15, 0.2) is 0 Å². The zero-order chi connectivity index (χ0) is 18.3. The molecule has 0 aromatic heterocycles. The average Bonchev–Trinajstić information content (AvgIpc) is 3.63.